The minimum Gasteiger partial charge on any atom is -0.361 e. The number of hydrogen-bond acceptors (Lipinski definition) is 3. The maximum absolute atomic E-state index is 5.34. The van der Waals surface area contributed by atoms with E-state index in [0.29, 0.717) is 12.0 Å². The summed E-state index contributed by atoms with van der Waals surface area (Å²) >= 11 is 0. The predicted molar refractivity (Wildman–Crippen MR) is 48.5 cm³/mol. The highest BCUT2D eigenvalue weighted by atomic mass is 16.5. The fourth-order valence-corrected chi connectivity index (χ4v) is 2.81. The van der Waals surface area contributed by atoms with Crippen LogP contribution in [0, 0.1) is 12.8 Å². The Balaban J connectivity index is 1.93. The molecular weight excluding hydrogens is 164 g/mol. The molecule has 1 aliphatic carbocycles. The molecule has 2 fully saturated rings. The van der Waals surface area contributed by atoms with Gasteiger partial charge in [0.05, 0.1) is 5.69 Å². The van der Waals surface area contributed by atoms with E-state index in [2.05, 4.69) is 16.5 Å². The van der Waals surface area contributed by atoms with E-state index in [4.69, 9.17) is 4.52 Å². The Morgan fingerprint density at radius 3 is 2.92 bits per heavy atom. The topological polar surface area (TPSA) is 38.1 Å². The van der Waals surface area contributed by atoms with Gasteiger partial charge in [0, 0.05) is 18.0 Å². The first kappa shape index (κ1) is 7.56. The van der Waals surface area contributed by atoms with Crippen LogP contribution in [0.5, 0.6) is 0 Å². The van der Waals surface area contributed by atoms with Crippen molar-refractivity contribution in [2.45, 2.75) is 31.7 Å². The van der Waals surface area contributed by atoms with Crippen LogP contribution in [0.4, 0.5) is 0 Å². The first-order chi connectivity index (χ1) is 6.34. The van der Waals surface area contributed by atoms with Gasteiger partial charge in [-0.25, -0.2) is 0 Å². The number of aryl methyl sites for hydroxylation is 1. The molecule has 2 aliphatic rings. The van der Waals surface area contributed by atoms with Crippen LogP contribution in [0.2, 0.25) is 0 Å². The average molecular weight is 178 g/mol. The summed E-state index contributed by atoms with van der Waals surface area (Å²) < 4.78 is 5.34. The summed E-state index contributed by atoms with van der Waals surface area (Å²) in [5, 5.41) is 7.48. The zero-order valence-corrected chi connectivity index (χ0v) is 7.79. The van der Waals surface area contributed by atoms with Crippen molar-refractivity contribution in [2.75, 3.05) is 6.54 Å². The largest absolute Gasteiger partial charge is 0.361 e. The molecule has 0 spiro atoms. The molecule has 3 nitrogen and oxygen atoms in total. The fraction of sp³-hybridized carbons (Fsp3) is 0.700. The molecule has 2 heterocycles. The lowest BCUT2D eigenvalue weighted by atomic mass is 9.95. The van der Waals surface area contributed by atoms with E-state index >= 15 is 0 Å². The Hall–Kier alpha value is -0.830. The zero-order chi connectivity index (χ0) is 8.84. The average Bonchev–Trinajstić information content (AvgIpc) is 2.78. The first-order valence-electron chi connectivity index (χ1n) is 5.01. The van der Waals surface area contributed by atoms with Gasteiger partial charge in [0.15, 0.2) is 0 Å². The SMILES string of the molecule is Cc1cc([C@@H]2[C@@H]3CC[C@H]2NC3)on1. The van der Waals surface area contributed by atoms with Crippen molar-refractivity contribution in [1.82, 2.24) is 10.5 Å². The van der Waals surface area contributed by atoms with Gasteiger partial charge in [-0.15, -0.1) is 0 Å². The molecule has 1 N–H and O–H groups in total. The molecule has 1 saturated carbocycles. The van der Waals surface area contributed by atoms with Gasteiger partial charge in [0.2, 0.25) is 0 Å². The van der Waals surface area contributed by atoms with E-state index in [0.717, 1.165) is 23.9 Å². The lowest BCUT2D eigenvalue weighted by molar-refractivity contribution is 0.343. The predicted octanol–water partition coefficient (Wildman–Crippen LogP) is 1.45. The molecule has 0 radical (unpaired) electrons. The summed E-state index contributed by atoms with van der Waals surface area (Å²) in [7, 11) is 0. The second-order valence-corrected chi connectivity index (χ2v) is 4.25. The van der Waals surface area contributed by atoms with Gasteiger partial charge in [0.1, 0.15) is 5.76 Å². The van der Waals surface area contributed by atoms with Gasteiger partial charge in [-0.3, -0.25) is 0 Å². The van der Waals surface area contributed by atoms with Crippen LogP contribution in [-0.2, 0) is 0 Å². The van der Waals surface area contributed by atoms with Gasteiger partial charge in [-0.1, -0.05) is 5.16 Å². The minimum atomic E-state index is 0.598. The molecule has 13 heavy (non-hydrogen) atoms. The van der Waals surface area contributed by atoms with E-state index < -0.39 is 0 Å². The van der Waals surface area contributed by atoms with Crippen molar-refractivity contribution in [3.63, 3.8) is 0 Å². The molecule has 3 atom stereocenters. The minimum absolute atomic E-state index is 0.598. The number of hydrogen-bond donors (Lipinski definition) is 1. The molecular formula is C10H14N2O. The van der Waals surface area contributed by atoms with Crippen LogP contribution in [0.3, 0.4) is 0 Å². The summed E-state index contributed by atoms with van der Waals surface area (Å²) in [6.07, 6.45) is 2.65. The van der Waals surface area contributed by atoms with Gasteiger partial charge >= 0.3 is 0 Å². The zero-order valence-electron chi connectivity index (χ0n) is 7.79. The third-order valence-electron chi connectivity index (χ3n) is 3.41. The maximum Gasteiger partial charge on any atom is 0.141 e. The number of aromatic nitrogens is 1. The molecule has 0 aromatic carbocycles. The Bertz CT molecular complexity index is 300. The first-order valence-corrected chi connectivity index (χ1v) is 5.01. The molecule has 3 rings (SSSR count). The molecule has 2 bridgehead atoms. The van der Waals surface area contributed by atoms with E-state index in [-0.39, 0.29) is 0 Å². The van der Waals surface area contributed by atoms with Crippen molar-refractivity contribution >= 4 is 0 Å². The van der Waals surface area contributed by atoms with Crippen LogP contribution in [-0.4, -0.2) is 17.7 Å². The van der Waals surface area contributed by atoms with Crippen LogP contribution >= 0.6 is 0 Å². The van der Waals surface area contributed by atoms with Gasteiger partial charge in [0.25, 0.3) is 0 Å². The molecule has 1 aromatic heterocycles. The molecule has 0 amide bonds. The van der Waals surface area contributed by atoms with Crippen LogP contribution in [0.25, 0.3) is 0 Å². The summed E-state index contributed by atoms with van der Waals surface area (Å²) in [4.78, 5) is 0. The van der Waals surface area contributed by atoms with Gasteiger partial charge < -0.3 is 9.84 Å². The maximum atomic E-state index is 5.34. The van der Waals surface area contributed by atoms with E-state index in [1.807, 2.05) is 6.92 Å². The molecule has 70 valence electrons. The Morgan fingerprint density at radius 2 is 2.46 bits per heavy atom. The van der Waals surface area contributed by atoms with E-state index in [1.165, 1.54) is 12.8 Å². The summed E-state index contributed by atoms with van der Waals surface area (Å²) in [5.74, 6) is 2.48. The van der Waals surface area contributed by atoms with Gasteiger partial charge in [-0.2, -0.15) is 0 Å². The Labute approximate surface area is 77.5 Å². The Morgan fingerprint density at radius 1 is 1.54 bits per heavy atom. The number of piperidine rings is 1. The highest BCUT2D eigenvalue weighted by Crippen LogP contribution is 2.43. The quantitative estimate of drug-likeness (QED) is 0.707. The van der Waals surface area contributed by atoms with Crippen molar-refractivity contribution in [3.05, 3.63) is 17.5 Å². The van der Waals surface area contributed by atoms with Crippen LogP contribution in [0.15, 0.2) is 10.6 Å². The summed E-state index contributed by atoms with van der Waals surface area (Å²) in [5.41, 5.74) is 1.00. The molecule has 1 aliphatic heterocycles. The molecule has 1 saturated heterocycles. The normalized spacial score (nSPS) is 37.2. The summed E-state index contributed by atoms with van der Waals surface area (Å²) in [6.45, 7) is 3.15. The highest BCUT2D eigenvalue weighted by molar-refractivity contribution is 5.18. The second kappa shape index (κ2) is 2.58. The lowest BCUT2D eigenvalue weighted by Crippen LogP contribution is -2.25. The molecule has 3 heteroatoms. The highest BCUT2D eigenvalue weighted by Gasteiger charge is 2.44. The fourth-order valence-electron chi connectivity index (χ4n) is 2.81. The smallest absolute Gasteiger partial charge is 0.141 e. The number of nitrogens with one attached hydrogen (secondary N) is 1. The third kappa shape index (κ3) is 1.03. The molecule has 0 unspecified atom stereocenters. The van der Waals surface area contributed by atoms with Crippen molar-refractivity contribution in [1.29, 1.82) is 0 Å². The Kier molecular flexibility index (Phi) is 1.50. The van der Waals surface area contributed by atoms with E-state index in [1.54, 1.807) is 0 Å². The van der Waals surface area contributed by atoms with Crippen LogP contribution in [0.1, 0.15) is 30.2 Å². The van der Waals surface area contributed by atoms with E-state index in [9.17, 15) is 0 Å². The third-order valence-corrected chi connectivity index (χ3v) is 3.41. The van der Waals surface area contributed by atoms with Crippen molar-refractivity contribution < 1.29 is 4.52 Å². The summed E-state index contributed by atoms with van der Waals surface area (Å²) in [6, 6.07) is 2.74. The molecule has 1 aromatic rings. The second-order valence-electron chi connectivity index (χ2n) is 4.25. The number of nitrogens with zero attached hydrogens (tertiary/aromatic N) is 1. The van der Waals surface area contributed by atoms with Crippen molar-refractivity contribution in [2.24, 2.45) is 5.92 Å². The van der Waals surface area contributed by atoms with Crippen molar-refractivity contribution in [3.8, 4) is 0 Å². The number of rotatable bonds is 1. The number of fused-ring (bicyclic) bond motifs is 2. The van der Waals surface area contributed by atoms with Gasteiger partial charge in [-0.05, 0) is 32.2 Å². The van der Waals surface area contributed by atoms with Crippen LogP contribution < -0.4 is 5.32 Å². The standard InChI is InChI=1S/C10H14N2O/c1-6-4-9(13-12-6)10-7-2-3-8(10)11-5-7/h4,7-8,10-11H,2-3,5H2,1H3/t7-,8-,10-/m1/s1. The monoisotopic (exact) mass is 178 g/mol. The lowest BCUT2D eigenvalue weighted by Gasteiger charge is -2.09.